The molecule has 4 rings (SSSR count). The van der Waals surface area contributed by atoms with Crippen LogP contribution in [0.1, 0.15) is 19.3 Å². The summed E-state index contributed by atoms with van der Waals surface area (Å²) < 4.78 is 9.47. The molecule has 25 heavy (non-hydrogen) atoms. The van der Waals surface area contributed by atoms with E-state index in [1.807, 2.05) is 9.25 Å². The van der Waals surface area contributed by atoms with Crippen LogP contribution in [0.25, 0.3) is 11.2 Å². The topological polar surface area (TPSA) is 122 Å². The summed E-state index contributed by atoms with van der Waals surface area (Å²) in [6, 6.07) is 0. The fraction of sp³-hybridized carbons (Fsp3) is 0.571. The molecule has 11 heteroatoms. The number of rotatable bonds is 7. The zero-order chi connectivity index (χ0) is 17.1. The molecule has 0 bridgehead atoms. The van der Waals surface area contributed by atoms with Gasteiger partial charge in [0.15, 0.2) is 11.5 Å². The number of ether oxygens (including phenoxy) is 1. The third-order valence-corrected chi connectivity index (χ3v) is 5.15. The van der Waals surface area contributed by atoms with Crippen LogP contribution < -0.4 is 5.73 Å². The normalized spacial score (nSPS) is 17.5. The first-order valence-electron chi connectivity index (χ1n) is 8.23. The fourth-order valence-corrected chi connectivity index (χ4v) is 3.67. The third-order valence-electron chi connectivity index (χ3n) is 4.10. The van der Waals surface area contributed by atoms with E-state index in [1.54, 1.807) is 18.1 Å². The molecule has 10 nitrogen and oxygen atoms in total. The van der Waals surface area contributed by atoms with E-state index >= 15 is 0 Å². The van der Waals surface area contributed by atoms with E-state index in [4.69, 9.17) is 10.5 Å². The van der Waals surface area contributed by atoms with Crippen LogP contribution in [-0.4, -0.2) is 58.2 Å². The molecule has 0 spiro atoms. The lowest BCUT2D eigenvalue weighted by Crippen LogP contribution is -2.17. The van der Waals surface area contributed by atoms with Crippen LogP contribution in [0.2, 0.25) is 0 Å². The average Bonchev–Trinajstić information content (AvgIpc) is 3.34. The van der Waals surface area contributed by atoms with Crippen molar-refractivity contribution in [2.75, 3.05) is 18.1 Å². The summed E-state index contributed by atoms with van der Waals surface area (Å²) in [6.45, 7) is 2.35. The number of thioether (sulfide) groups is 1. The van der Waals surface area contributed by atoms with E-state index < -0.39 is 0 Å². The summed E-state index contributed by atoms with van der Waals surface area (Å²) in [5.74, 6) is 1.30. The van der Waals surface area contributed by atoms with Crippen LogP contribution in [0.15, 0.2) is 17.8 Å². The van der Waals surface area contributed by atoms with Crippen LogP contribution in [0.4, 0.5) is 5.82 Å². The van der Waals surface area contributed by atoms with Gasteiger partial charge in [0.1, 0.15) is 11.8 Å². The Hall–Kier alpha value is -2.27. The molecule has 3 aromatic heterocycles. The largest absolute Gasteiger partial charge is 0.382 e. The zero-order valence-electron chi connectivity index (χ0n) is 13.7. The molecule has 132 valence electrons. The molecule has 4 heterocycles. The predicted molar refractivity (Wildman–Crippen MR) is 91.9 cm³/mol. The highest BCUT2D eigenvalue weighted by atomic mass is 32.2. The maximum absolute atomic E-state index is 5.81. The molecule has 0 aliphatic carbocycles. The second kappa shape index (κ2) is 7.31. The Morgan fingerprint density at radius 2 is 2.28 bits per heavy atom. The van der Waals surface area contributed by atoms with Crippen LogP contribution >= 0.6 is 11.8 Å². The lowest BCUT2D eigenvalue weighted by atomic mass is 10.2. The Morgan fingerprint density at radius 1 is 1.32 bits per heavy atom. The molecule has 3 aromatic rings. The van der Waals surface area contributed by atoms with Gasteiger partial charge < -0.3 is 15.0 Å². The Labute approximate surface area is 148 Å². The molecule has 1 unspecified atom stereocenters. The molecule has 1 fully saturated rings. The molecular formula is C14H19N9OS. The van der Waals surface area contributed by atoms with Gasteiger partial charge in [0, 0.05) is 18.9 Å². The third kappa shape index (κ3) is 3.56. The van der Waals surface area contributed by atoms with E-state index in [0.29, 0.717) is 11.3 Å². The van der Waals surface area contributed by atoms with Gasteiger partial charge in [0.25, 0.3) is 0 Å². The van der Waals surface area contributed by atoms with Crippen molar-refractivity contribution < 1.29 is 4.74 Å². The number of aromatic nitrogens is 8. The van der Waals surface area contributed by atoms with Gasteiger partial charge in [-0.15, -0.1) is 5.10 Å². The first kappa shape index (κ1) is 16.2. The zero-order valence-corrected chi connectivity index (χ0v) is 14.5. The van der Waals surface area contributed by atoms with Crippen molar-refractivity contribution in [3.63, 3.8) is 0 Å². The number of aryl methyl sites for hydroxylation is 1. The van der Waals surface area contributed by atoms with Crippen molar-refractivity contribution in [2.45, 2.75) is 43.6 Å². The number of anilines is 1. The van der Waals surface area contributed by atoms with Crippen molar-refractivity contribution in [3.05, 3.63) is 12.7 Å². The number of hydrogen-bond acceptors (Lipinski definition) is 9. The minimum absolute atomic E-state index is 0.227. The van der Waals surface area contributed by atoms with Gasteiger partial charge >= 0.3 is 0 Å². The van der Waals surface area contributed by atoms with Crippen LogP contribution in [0.5, 0.6) is 0 Å². The molecule has 0 amide bonds. The summed E-state index contributed by atoms with van der Waals surface area (Å²) in [4.78, 5) is 12.5. The van der Waals surface area contributed by atoms with Crippen LogP contribution in [0, 0.1) is 0 Å². The molecule has 1 aliphatic rings. The van der Waals surface area contributed by atoms with Gasteiger partial charge in [-0.05, 0) is 29.7 Å². The maximum Gasteiger partial charge on any atom is 0.209 e. The Kier molecular flexibility index (Phi) is 4.74. The highest BCUT2D eigenvalue weighted by molar-refractivity contribution is 7.99. The SMILES string of the molecule is Nc1ncnc2c1ncn2CCCSc1nnnn1CC1CCCO1. The monoisotopic (exact) mass is 361 g/mol. The number of tetrazole rings is 1. The molecule has 2 N–H and O–H groups in total. The van der Waals surface area contributed by atoms with Gasteiger partial charge in [0.05, 0.1) is 19.0 Å². The smallest absolute Gasteiger partial charge is 0.209 e. The van der Waals surface area contributed by atoms with E-state index in [9.17, 15) is 0 Å². The van der Waals surface area contributed by atoms with Crippen LogP contribution in [0.3, 0.4) is 0 Å². The van der Waals surface area contributed by atoms with Gasteiger partial charge in [-0.1, -0.05) is 11.8 Å². The van der Waals surface area contributed by atoms with Gasteiger partial charge in [-0.2, -0.15) is 0 Å². The highest BCUT2D eigenvalue weighted by Gasteiger charge is 2.18. The maximum atomic E-state index is 5.81. The summed E-state index contributed by atoms with van der Waals surface area (Å²) in [6.07, 6.45) is 6.56. The van der Waals surface area contributed by atoms with E-state index in [-0.39, 0.29) is 6.10 Å². The molecule has 0 radical (unpaired) electrons. The number of imidazole rings is 1. The number of hydrogen-bond donors (Lipinski definition) is 1. The van der Waals surface area contributed by atoms with Crippen molar-refractivity contribution in [1.82, 2.24) is 39.7 Å². The van der Waals surface area contributed by atoms with Crippen molar-refractivity contribution in [3.8, 4) is 0 Å². The molecule has 0 aromatic carbocycles. The van der Waals surface area contributed by atoms with Crippen molar-refractivity contribution >= 4 is 28.7 Å². The van der Waals surface area contributed by atoms with Crippen molar-refractivity contribution in [1.29, 1.82) is 0 Å². The summed E-state index contributed by atoms with van der Waals surface area (Å²) >= 11 is 1.65. The molecule has 1 saturated heterocycles. The first-order chi connectivity index (χ1) is 12.3. The van der Waals surface area contributed by atoms with E-state index in [0.717, 1.165) is 55.5 Å². The second-order valence-electron chi connectivity index (χ2n) is 5.85. The standard InChI is InChI=1S/C14H19N9OS/c15-12-11-13(17-8-16-12)22(9-18-11)4-2-6-25-14-19-20-21-23(14)7-10-3-1-5-24-10/h8-10H,1-7H2,(H2,15,16,17). The van der Waals surface area contributed by atoms with Gasteiger partial charge in [-0.25, -0.2) is 19.6 Å². The fourth-order valence-electron chi connectivity index (χ4n) is 2.86. The molecule has 1 atom stereocenters. The Morgan fingerprint density at radius 3 is 3.16 bits per heavy atom. The first-order valence-corrected chi connectivity index (χ1v) is 9.21. The summed E-state index contributed by atoms with van der Waals surface area (Å²) in [5.41, 5.74) is 7.22. The lowest BCUT2D eigenvalue weighted by Gasteiger charge is -2.10. The Balaban J connectivity index is 1.31. The molecule has 0 saturated carbocycles. The number of fused-ring (bicyclic) bond motifs is 1. The Bertz CT molecular complexity index is 842. The quantitative estimate of drug-likeness (QED) is 0.480. The molecule has 1 aliphatic heterocycles. The second-order valence-corrected chi connectivity index (χ2v) is 6.91. The van der Waals surface area contributed by atoms with Crippen molar-refractivity contribution in [2.24, 2.45) is 0 Å². The van der Waals surface area contributed by atoms with E-state index in [2.05, 4.69) is 30.5 Å². The van der Waals surface area contributed by atoms with Gasteiger partial charge in [0.2, 0.25) is 5.16 Å². The predicted octanol–water partition coefficient (Wildman–Crippen LogP) is 0.756. The van der Waals surface area contributed by atoms with Gasteiger partial charge in [-0.3, -0.25) is 0 Å². The minimum atomic E-state index is 0.227. The highest BCUT2D eigenvalue weighted by Crippen LogP contribution is 2.20. The summed E-state index contributed by atoms with van der Waals surface area (Å²) in [7, 11) is 0. The van der Waals surface area contributed by atoms with E-state index in [1.165, 1.54) is 6.33 Å². The molecular weight excluding hydrogens is 342 g/mol. The number of nitrogen functional groups attached to an aromatic ring is 1. The average molecular weight is 361 g/mol. The minimum Gasteiger partial charge on any atom is -0.382 e. The lowest BCUT2D eigenvalue weighted by molar-refractivity contribution is 0.0912. The number of nitrogens with zero attached hydrogens (tertiary/aromatic N) is 8. The number of nitrogens with two attached hydrogens (primary N) is 1. The summed E-state index contributed by atoms with van der Waals surface area (Å²) in [5, 5.41) is 12.8. The van der Waals surface area contributed by atoms with Crippen LogP contribution in [-0.2, 0) is 17.8 Å².